The Morgan fingerprint density at radius 1 is 1.11 bits per heavy atom. The molecule has 5 fully saturated rings. The van der Waals surface area contributed by atoms with E-state index in [1.54, 1.807) is 6.92 Å². The molecule has 196 valence electrons. The van der Waals surface area contributed by atoms with E-state index in [-0.39, 0.29) is 30.6 Å². The van der Waals surface area contributed by atoms with E-state index in [0.29, 0.717) is 12.3 Å². The van der Waals surface area contributed by atoms with E-state index >= 15 is 0 Å². The molecule has 4 heterocycles. The molecular formula is C23H34N2O10. The van der Waals surface area contributed by atoms with Crippen LogP contribution in [0.5, 0.6) is 0 Å². The first-order valence-corrected chi connectivity index (χ1v) is 12.2. The van der Waals surface area contributed by atoms with E-state index in [1.807, 2.05) is 6.92 Å². The summed E-state index contributed by atoms with van der Waals surface area (Å²) in [4.78, 5) is 58.6. The van der Waals surface area contributed by atoms with Crippen LogP contribution in [-0.2, 0) is 43.2 Å². The zero-order chi connectivity index (χ0) is 25.5. The number of primary amides is 1. The molecule has 0 aromatic rings. The first kappa shape index (κ1) is 25.8. The summed E-state index contributed by atoms with van der Waals surface area (Å²) in [5.74, 6) is -4.23. The first-order chi connectivity index (χ1) is 16.4. The van der Waals surface area contributed by atoms with Gasteiger partial charge in [-0.2, -0.15) is 0 Å². The minimum atomic E-state index is -1.46. The van der Waals surface area contributed by atoms with Crippen LogP contribution in [0.3, 0.4) is 0 Å². The predicted octanol–water partition coefficient (Wildman–Crippen LogP) is 0.963. The molecule has 0 aromatic heterocycles. The summed E-state index contributed by atoms with van der Waals surface area (Å²) in [6.07, 6.45) is 0.584. The lowest BCUT2D eigenvalue weighted by molar-refractivity contribution is -0.576. The van der Waals surface area contributed by atoms with Crippen molar-refractivity contribution in [3.63, 3.8) is 0 Å². The second-order valence-corrected chi connectivity index (χ2v) is 10.4. The van der Waals surface area contributed by atoms with Crippen molar-refractivity contribution in [3.8, 4) is 0 Å². The smallest absolute Gasteiger partial charge is 0.326 e. The molecule has 2 amide bonds. The van der Waals surface area contributed by atoms with Crippen LogP contribution in [0.4, 0.5) is 0 Å². The van der Waals surface area contributed by atoms with Crippen molar-refractivity contribution in [1.29, 1.82) is 0 Å². The molecule has 5 aliphatic rings. The summed E-state index contributed by atoms with van der Waals surface area (Å²) in [7, 11) is 0. The van der Waals surface area contributed by atoms with Gasteiger partial charge in [0.2, 0.25) is 23.9 Å². The van der Waals surface area contributed by atoms with E-state index in [1.165, 1.54) is 0 Å². The lowest BCUT2D eigenvalue weighted by Crippen LogP contribution is -2.70. The Balaban J connectivity index is 1.38. The number of hydrogen-bond donors (Lipinski definition) is 3. The summed E-state index contributed by atoms with van der Waals surface area (Å²) in [5.41, 5.74) is 4.23. The molecule has 5 rings (SSSR count). The van der Waals surface area contributed by atoms with Crippen LogP contribution >= 0.6 is 0 Å². The average Bonchev–Trinajstić information content (AvgIpc) is 3.01. The molecule has 2 bridgehead atoms. The standard InChI is InChI=1S/C23H34N2O10/c1-11-4-5-14-12(2)20(32-21-23(14)13(11)8-9-22(3,33-21)34-35-23)31-18(28)7-6-17(27)25-15(19(29)30)10-16(24)26/h11-15,20-21H,4-10H2,1-3H3,(H2,24,26)(H,25,27)(H,29,30)/t11-,12-,13+,14+,15+,20-,21-,22-,23+/m1/s1. The SMILES string of the molecule is C[C@H]1[C@H](OC(=O)CCC(=O)N[C@@H](CC(N)=O)C(=O)O)O[C@@H]2O[C@@]3(C)CC[C@H]4[C@H](C)CC[C@@H]1[C@]24OO3. The minimum absolute atomic E-state index is 0.0173. The molecule has 1 spiro atoms. The summed E-state index contributed by atoms with van der Waals surface area (Å²) < 4.78 is 18.0. The quantitative estimate of drug-likeness (QED) is 0.323. The molecule has 4 aliphatic heterocycles. The molecule has 0 unspecified atom stereocenters. The largest absolute Gasteiger partial charge is 0.480 e. The second kappa shape index (κ2) is 9.64. The molecule has 12 heteroatoms. The van der Waals surface area contributed by atoms with Gasteiger partial charge in [-0.1, -0.05) is 13.8 Å². The molecule has 1 aliphatic carbocycles. The zero-order valence-electron chi connectivity index (χ0n) is 20.2. The Morgan fingerprint density at radius 3 is 2.54 bits per heavy atom. The Morgan fingerprint density at radius 2 is 1.86 bits per heavy atom. The summed E-state index contributed by atoms with van der Waals surface area (Å²) in [6.45, 7) is 5.95. The van der Waals surface area contributed by atoms with Crippen LogP contribution < -0.4 is 11.1 Å². The maximum atomic E-state index is 12.6. The number of fused-ring (bicyclic) bond motifs is 2. The summed E-state index contributed by atoms with van der Waals surface area (Å²) in [5, 5.41) is 11.3. The van der Waals surface area contributed by atoms with E-state index in [9.17, 15) is 19.2 Å². The van der Waals surface area contributed by atoms with Crippen LogP contribution in [0.25, 0.3) is 0 Å². The first-order valence-electron chi connectivity index (χ1n) is 12.2. The van der Waals surface area contributed by atoms with Crippen LogP contribution in [-0.4, -0.2) is 58.9 Å². The molecule has 4 saturated heterocycles. The molecule has 4 N–H and O–H groups in total. The fourth-order valence-electron chi connectivity index (χ4n) is 6.08. The van der Waals surface area contributed by atoms with Gasteiger partial charge < -0.3 is 30.4 Å². The number of ether oxygens (including phenoxy) is 3. The fourth-order valence-corrected chi connectivity index (χ4v) is 6.08. The van der Waals surface area contributed by atoms with Crippen molar-refractivity contribution in [1.82, 2.24) is 5.32 Å². The number of rotatable bonds is 8. The summed E-state index contributed by atoms with van der Waals surface area (Å²) >= 11 is 0. The maximum absolute atomic E-state index is 12.6. The number of carbonyl (C=O) groups excluding carboxylic acids is 3. The number of amides is 2. The fraction of sp³-hybridized carbons (Fsp3) is 0.826. The van der Waals surface area contributed by atoms with E-state index in [2.05, 4.69) is 12.2 Å². The Bertz CT molecular complexity index is 882. The third-order valence-electron chi connectivity index (χ3n) is 7.94. The van der Waals surface area contributed by atoms with Gasteiger partial charge in [0, 0.05) is 24.7 Å². The van der Waals surface area contributed by atoms with E-state index < -0.39 is 60.2 Å². The van der Waals surface area contributed by atoms with Gasteiger partial charge in [-0.3, -0.25) is 14.4 Å². The Kier molecular flexibility index (Phi) is 7.11. The van der Waals surface area contributed by atoms with Crippen molar-refractivity contribution in [2.24, 2.45) is 29.4 Å². The van der Waals surface area contributed by atoms with Crippen molar-refractivity contribution >= 4 is 23.8 Å². The highest BCUT2D eigenvalue weighted by Gasteiger charge is 2.69. The average molecular weight is 499 g/mol. The van der Waals surface area contributed by atoms with Gasteiger partial charge in [-0.25, -0.2) is 14.6 Å². The van der Waals surface area contributed by atoms with Crippen molar-refractivity contribution < 1.29 is 48.3 Å². The van der Waals surface area contributed by atoms with Crippen LogP contribution in [0.2, 0.25) is 0 Å². The van der Waals surface area contributed by atoms with Gasteiger partial charge in [0.1, 0.15) is 6.04 Å². The van der Waals surface area contributed by atoms with Crippen molar-refractivity contribution in [2.75, 3.05) is 0 Å². The predicted molar refractivity (Wildman–Crippen MR) is 116 cm³/mol. The van der Waals surface area contributed by atoms with Gasteiger partial charge in [-0.05, 0) is 38.0 Å². The van der Waals surface area contributed by atoms with Gasteiger partial charge in [0.25, 0.3) is 0 Å². The van der Waals surface area contributed by atoms with Crippen LogP contribution in [0.1, 0.15) is 65.7 Å². The number of esters is 1. The number of carbonyl (C=O) groups is 4. The number of nitrogens with one attached hydrogen (secondary N) is 1. The van der Waals surface area contributed by atoms with E-state index in [0.717, 1.165) is 19.3 Å². The highest BCUT2D eigenvalue weighted by Crippen LogP contribution is 2.60. The molecule has 35 heavy (non-hydrogen) atoms. The van der Waals surface area contributed by atoms with Gasteiger partial charge >= 0.3 is 11.9 Å². The zero-order valence-corrected chi connectivity index (χ0v) is 20.2. The Labute approximate surface area is 203 Å². The lowest BCUT2D eigenvalue weighted by Gasteiger charge is -2.59. The molecule has 9 atom stereocenters. The molecule has 1 saturated carbocycles. The number of carboxylic acid groups (broad SMARTS) is 1. The molecule has 0 radical (unpaired) electrons. The van der Waals surface area contributed by atoms with Crippen molar-refractivity contribution in [2.45, 2.75) is 95.7 Å². The van der Waals surface area contributed by atoms with Crippen molar-refractivity contribution in [3.05, 3.63) is 0 Å². The monoisotopic (exact) mass is 498 g/mol. The van der Waals surface area contributed by atoms with Crippen LogP contribution in [0, 0.1) is 23.7 Å². The number of aliphatic carboxylic acids is 1. The third kappa shape index (κ3) is 4.89. The second-order valence-electron chi connectivity index (χ2n) is 10.4. The highest BCUT2D eigenvalue weighted by atomic mass is 17.3. The van der Waals surface area contributed by atoms with Gasteiger partial charge in [-0.15, -0.1) is 0 Å². The molecule has 12 nitrogen and oxygen atoms in total. The maximum Gasteiger partial charge on any atom is 0.326 e. The van der Waals surface area contributed by atoms with Gasteiger partial charge in [0.15, 0.2) is 11.9 Å². The molecule has 0 aromatic carbocycles. The van der Waals surface area contributed by atoms with Crippen LogP contribution in [0.15, 0.2) is 0 Å². The van der Waals surface area contributed by atoms with Gasteiger partial charge in [0.05, 0.1) is 12.8 Å². The topological polar surface area (TPSA) is 173 Å². The third-order valence-corrected chi connectivity index (χ3v) is 7.94. The Hall–Kier alpha value is -2.28. The summed E-state index contributed by atoms with van der Waals surface area (Å²) in [6, 6.07) is -1.46. The van der Waals surface area contributed by atoms with E-state index in [4.69, 9.17) is 34.8 Å². The minimum Gasteiger partial charge on any atom is -0.480 e. The lowest BCUT2D eigenvalue weighted by atomic mass is 9.58. The number of nitrogens with two attached hydrogens (primary N) is 1. The molecular weight excluding hydrogens is 464 g/mol. The number of hydrogen-bond acceptors (Lipinski definition) is 9. The normalized spacial score (nSPS) is 40.7. The number of carboxylic acids is 1. The highest BCUT2D eigenvalue weighted by molar-refractivity contribution is 5.89.